The van der Waals surface area contributed by atoms with Gasteiger partial charge in [-0.1, -0.05) is 12.1 Å². The fourth-order valence-electron chi connectivity index (χ4n) is 2.17. The summed E-state index contributed by atoms with van der Waals surface area (Å²) in [4.78, 5) is 8.82. The normalized spacial score (nSPS) is 14.2. The second kappa shape index (κ2) is 4.93. The van der Waals surface area contributed by atoms with Gasteiger partial charge in [0.1, 0.15) is 17.5 Å². The molecule has 2 heterocycles. The number of ether oxygens (including phenoxy) is 1. The Bertz CT molecular complexity index is 598. The number of rotatable bonds is 2. The first kappa shape index (κ1) is 12.0. The largest absolute Gasteiger partial charge is 0.383 e. The highest BCUT2D eigenvalue weighted by Crippen LogP contribution is 2.20. The molecule has 0 unspecified atom stereocenters. The summed E-state index contributed by atoms with van der Waals surface area (Å²) in [5.74, 6) is 0.915. The van der Waals surface area contributed by atoms with Crippen LogP contribution in [-0.4, -0.2) is 16.6 Å². The zero-order valence-corrected chi connectivity index (χ0v) is 10.4. The fourth-order valence-corrected chi connectivity index (χ4v) is 2.17. The zero-order chi connectivity index (χ0) is 13.2. The van der Waals surface area contributed by atoms with Gasteiger partial charge in [-0.2, -0.15) is 0 Å². The summed E-state index contributed by atoms with van der Waals surface area (Å²) in [7, 11) is 0. The number of anilines is 1. The Hall–Kier alpha value is -2.01. The second-order valence-electron chi connectivity index (χ2n) is 4.56. The van der Waals surface area contributed by atoms with Crippen molar-refractivity contribution in [2.24, 2.45) is 0 Å². The molecule has 1 aliphatic heterocycles. The average molecular weight is 259 g/mol. The van der Waals surface area contributed by atoms with Gasteiger partial charge in [-0.15, -0.1) is 0 Å². The van der Waals surface area contributed by atoms with Crippen LogP contribution in [0.1, 0.15) is 22.6 Å². The van der Waals surface area contributed by atoms with Crippen LogP contribution in [-0.2, 0) is 24.2 Å². The van der Waals surface area contributed by atoms with Gasteiger partial charge in [-0.05, 0) is 17.7 Å². The number of nitrogens with zero attached hydrogens (tertiary/aromatic N) is 2. The summed E-state index contributed by atoms with van der Waals surface area (Å²) in [6, 6.07) is 6.34. The van der Waals surface area contributed by atoms with Crippen molar-refractivity contribution >= 4 is 5.82 Å². The van der Waals surface area contributed by atoms with Gasteiger partial charge >= 0.3 is 0 Å². The topological polar surface area (TPSA) is 61.0 Å². The van der Waals surface area contributed by atoms with Crippen LogP contribution in [0.15, 0.2) is 24.3 Å². The van der Waals surface area contributed by atoms with Crippen molar-refractivity contribution < 1.29 is 9.13 Å². The van der Waals surface area contributed by atoms with E-state index in [4.69, 9.17) is 10.5 Å². The quantitative estimate of drug-likeness (QED) is 0.894. The number of fused-ring (bicyclic) bond motifs is 1. The molecular weight excluding hydrogens is 245 g/mol. The minimum Gasteiger partial charge on any atom is -0.383 e. The van der Waals surface area contributed by atoms with Crippen molar-refractivity contribution in [1.29, 1.82) is 0 Å². The Labute approximate surface area is 110 Å². The molecule has 0 atom stereocenters. The summed E-state index contributed by atoms with van der Waals surface area (Å²) >= 11 is 0. The van der Waals surface area contributed by atoms with Gasteiger partial charge in [0, 0.05) is 18.4 Å². The molecule has 5 heteroatoms. The first-order valence-corrected chi connectivity index (χ1v) is 6.19. The maximum atomic E-state index is 12.8. The summed E-state index contributed by atoms with van der Waals surface area (Å²) in [5.41, 5.74) is 8.76. The van der Waals surface area contributed by atoms with Crippen molar-refractivity contribution in [2.75, 3.05) is 12.3 Å². The molecule has 0 aliphatic carbocycles. The first-order valence-electron chi connectivity index (χ1n) is 6.19. The fraction of sp³-hybridized carbons (Fsp3) is 0.286. The van der Waals surface area contributed by atoms with E-state index in [1.54, 1.807) is 12.1 Å². The Morgan fingerprint density at radius 1 is 1.21 bits per heavy atom. The molecule has 1 aromatic carbocycles. The Morgan fingerprint density at radius 3 is 2.79 bits per heavy atom. The smallest absolute Gasteiger partial charge is 0.135 e. The highest BCUT2D eigenvalue weighted by Gasteiger charge is 2.16. The second-order valence-corrected chi connectivity index (χ2v) is 4.56. The van der Waals surface area contributed by atoms with E-state index in [1.807, 2.05) is 0 Å². The van der Waals surface area contributed by atoms with E-state index in [1.165, 1.54) is 12.1 Å². The van der Waals surface area contributed by atoms with E-state index in [-0.39, 0.29) is 5.82 Å². The minimum absolute atomic E-state index is 0.244. The third-order valence-corrected chi connectivity index (χ3v) is 3.18. The van der Waals surface area contributed by atoms with Crippen LogP contribution in [0, 0.1) is 5.82 Å². The predicted octanol–water partition coefficient (Wildman–Crippen LogP) is 1.86. The van der Waals surface area contributed by atoms with Gasteiger partial charge in [-0.3, -0.25) is 0 Å². The SMILES string of the molecule is Nc1nc(Cc2ccc(F)cc2)nc2c1COCC2. The lowest BCUT2D eigenvalue weighted by molar-refractivity contribution is 0.109. The maximum absolute atomic E-state index is 12.8. The van der Waals surface area contributed by atoms with Gasteiger partial charge in [-0.25, -0.2) is 14.4 Å². The third kappa shape index (κ3) is 2.56. The number of aromatic nitrogens is 2. The van der Waals surface area contributed by atoms with Crippen molar-refractivity contribution in [3.63, 3.8) is 0 Å². The molecule has 3 rings (SSSR count). The lowest BCUT2D eigenvalue weighted by Gasteiger charge is -2.17. The molecule has 4 nitrogen and oxygen atoms in total. The molecule has 2 aromatic rings. The van der Waals surface area contributed by atoms with Crippen LogP contribution < -0.4 is 5.73 Å². The Morgan fingerprint density at radius 2 is 2.00 bits per heavy atom. The molecule has 0 saturated heterocycles. The molecule has 0 saturated carbocycles. The van der Waals surface area contributed by atoms with E-state index in [9.17, 15) is 4.39 Å². The van der Waals surface area contributed by atoms with Gasteiger partial charge in [0.25, 0.3) is 0 Å². The van der Waals surface area contributed by atoms with Crippen LogP contribution in [0.25, 0.3) is 0 Å². The van der Waals surface area contributed by atoms with Crippen molar-refractivity contribution in [3.05, 3.63) is 52.7 Å². The number of hydrogen-bond acceptors (Lipinski definition) is 4. The number of halogens is 1. The molecule has 1 aliphatic rings. The van der Waals surface area contributed by atoms with E-state index in [0.29, 0.717) is 31.3 Å². The Balaban J connectivity index is 1.89. The number of nitrogens with two attached hydrogens (primary N) is 1. The van der Waals surface area contributed by atoms with Crippen LogP contribution >= 0.6 is 0 Å². The lowest BCUT2D eigenvalue weighted by Crippen LogP contribution is -2.17. The average Bonchev–Trinajstić information content (AvgIpc) is 2.42. The first-order chi connectivity index (χ1) is 9.22. The molecule has 19 heavy (non-hydrogen) atoms. The molecule has 0 spiro atoms. The minimum atomic E-state index is -0.244. The Kier molecular flexibility index (Phi) is 3.13. The van der Waals surface area contributed by atoms with E-state index in [2.05, 4.69) is 9.97 Å². The van der Waals surface area contributed by atoms with Crippen molar-refractivity contribution in [3.8, 4) is 0 Å². The predicted molar refractivity (Wildman–Crippen MR) is 69.0 cm³/mol. The van der Waals surface area contributed by atoms with Gasteiger partial charge in [0.15, 0.2) is 0 Å². The van der Waals surface area contributed by atoms with Crippen LogP contribution in [0.4, 0.5) is 10.2 Å². The van der Waals surface area contributed by atoms with E-state index in [0.717, 1.165) is 23.2 Å². The van der Waals surface area contributed by atoms with Crippen LogP contribution in [0.3, 0.4) is 0 Å². The van der Waals surface area contributed by atoms with Crippen LogP contribution in [0.2, 0.25) is 0 Å². The summed E-state index contributed by atoms with van der Waals surface area (Å²) in [6.07, 6.45) is 1.32. The van der Waals surface area contributed by atoms with Gasteiger partial charge < -0.3 is 10.5 Å². The molecule has 0 bridgehead atoms. The van der Waals surface area contributed by atoms with E-state index < -0.39 is 0 Å². The highest BCUT2D eigenvalue weighted by molar-refractivity contribution is 5.43. The number of hydrogen-bond donors (Lipinski definition) is 1. The van der Waals surface area contributed by atoms with Crippen molar-refractivity contribution in [1.82, 2.24) is 9.97 Å². The van der Waals surface area contributed by atoms with E-state index >= 15 is 0 Å². The zero-order valence-electron chi connectivity index (χ0n) is 10.4. The molecular formula is C14H14FN3O. The summed E-state index contributed by atoms with van der Waals surface area (Å²) < 4.78 is 18.2. The summed E-state index contributed by atoms with van der Waals surface area (Å²) in [5, 5.41) is 0. The maximum Gasteiger partial charge on any atom is 0.135 e. The summed E-state index contributed by atoms with van der Waals surface area (Å²) in [6.45, 7) is 1.15. The van der Waals surface area contributed by atoms with Crippen molar-refractivity contribution in [2.45, 2.75) is 19.4 Å². The number of nitrogen functional groups attached to an aromatic ring is 1. The molecule has 1 aromatic heterocycles. The third-order valence-electron chi connectivity index (χ3n) is 3.18. The highest BCUT2D eigenvalue weighted by atomic mass is 19.1. The number of benzene rings is 1. The molecule has 2 N–H and O–H groups in total. The van der Waals surface area contributed by atoms with Gasteiger partial charge in [0.2, 0.25) is 0 Å². The molecule has 0 fully saturated rings. The lowest BCUT2D eigenvalue weighted by atomic mass is 10.1. The molecule has 98 valence electrons. The van der Waals surface area contributed by atoms with Gasteiger partial charge in [0.05, 0.1) is 18.9 Å². The monoisotopic (exact) mass is 259 g/mol. The molecule has 0 radical (unpaired) electrons. The molecule has 0 amide bonds. The van der Waals surface area contributed by atoms with Crippen LogP contribution in [0.5, 0.6) is 0 Å². The standard InChI is InChI=1S/C14H14FN3O/c15-10-3-1-9(2-4-10)7-13-17-12-5-6-19-8-11(12)14(16)18-13/h1-4H,5-8H2,(H2,16,17,18).